The first-order chi connectivity index (χ1) is 11.2. The molecule has 0 saturated heterocycles. The van der Waals surface area contributed by atoms with Crippen molar-refractivity contribution in [2.75, 3.05) is 0 Å². The molecule has 0 radical (unpaired) electrons. The highest BCUT2D eigenvalue weighted by molar-refractivity contribution is 7.10. The fraction of sp³-hybridized carbons (Fsp3) is 0.278. The lowest BCUT2D eigenvalue weighted by Gasteiger charge is -2.17. The maximum Gasteiger partial charge on any atom is 0.0896 e. The predicted molar refractivity (Wildman–Crippen MR) is 93.8 cm³/mol. The summed E-state index contributed by atoms with van der Waals surface area (Å²) in [6.07, 6.45) is 4.03. The van der Waals surface area contributed by atoms with Gasteiger partial charge in [0.2, 0.25) is 0 Å². The standard InChI is InChI=1S/C18H21N3OS/c1-14(11-17(22)18-7-3-10-23-18)19-13-15-5-2-6-16(12-15)21-9-4-8-20-21/h2-10,12,14,17,19,22H,11,13H2,1H3. The monoisotopic (exact) mass is 327 g/mol. The summed E-state index contributed by atoms with van der Waals surface area (Å²) in [6.45, 7) is 2.88. The molecule has 0 aliphatic heterocycles. The van der Waals surface area contributed by atoms with Gasteiger partial charge in [0.15, 0.2) is 0 Å². The van der Waals surface area contributed by atoms with Crippen molar-refractivity contribution in [3.05, 3.63) is 70.7 Å². The van der Waals surface area contributed by atoms with Crippen molar-refractivity contribution in [2.24, 2.45) is 0 Å². The number of rotatable bonds is 7. The first-order valence-corrected chi connectivity index (χ1v) is 8.64. The fourth-order valence-corrected chi connectivity index (χ4v) is 3.26. The normalized spacial score (nSPS) is 13.8. The smallest absolute Gasteiger partial charge is 0.0896 e. The van der Waals surface area contributed by atoms with E-state index in [1.165, 1.54) is 5.56 Å². The molecule has 0 amide bonds. The van der Waals surface area contributed by atoms with Crippen molar-refractivity contribution in [1.29, 1.82) is 0 Å². The van der Waals surface area contributed by atoms with E-state index in [4.69, 9.17) is 0 Å². The summed E-state index contributed by atoms with van der Waals surface area (Å²) in [5, 5.41) is 19.9. The number of nitrogens with one attached hydrogen (secondary N) is 1. The fourth-order valence-electron chi connectivity index (χ4n) is 2.54. The van der Waals surface area contributed by atoms with E-state index < -0.39 is 6.10 Å². The molecule has 0 saturated carbocycles. The molecule has 23 heavy (non-hydrogen) atoms. The first-order valence-electron chi connectivity index (χ1n) is 7.76. The van der Waals surface area contributed by atoms with Crippen LogP contribution in [0.1, 0.15) is 29.9 Å². The van der Waals surface area contributed by atoms with Gasteiger partial charge in [0.05, 0.1) is 11.8 Å². The SMILES string of the molecule is CC(CC(O)c1cccs1)NCc1cccc(-n2cccn2)c1. The van der Waals surface area contributed by atoms with Crippen molar-refractivity contribution in [2.45, 2.75) is 32.0 Å². The average Bonchev–Trinajstić information content (AvgIpc) is 3.26. The molecule has 3 rings (SSSR count). The van der Waals surface area contributed by atoms with Gasteiger partial charge in [-0.25, -0.2) is 4.68 Å². The van der Waals surface area contributed by atoms with E-state index in [-0.39, 0.29) is 6.04 Å². The third kappa shape index (κ3) is 4.28. The van der Waals surface area contributed by atoms with Gasteiger partial charge >= 0.3 is 0 Å². The summed E-state index contributed by atoms with van der Waals surface area (Å²) in [6, 6.07) is 14.4. The molecule has 0 spiro atoms. The van der Waals surface area contributed by atoms with Crippen LogP contribution < -0.4 is 5.32 Å². The van der Waals surface area contributed by atoms with Gasteiger partial charge in [-0.15, -0.1) is 11.3 Å². The molecule has 5 heteroatoms. The highest BCUT2D eigenvalue weighted by atomic mass is 32.1. The average molecular weight is 327 g/mol. The van der Waals surface area contributed by atoms with E-state index >= 15 is 0 Å². The van der Waals surface area contributed by atoms with Gasteiger partial charge in [-0.3, -0.25) is 0 Å². The van der Waals surface area contributed by atoms with Crippen LogP contribution in [0.15, 0.2) is 60.2 Å². The second-order valence-corrected chi connectivity index (χ2v) is 6.65. The highest BCUT2D eigenvalue weighted by Gasteiger charge is 2.13. The number of hydrogen-bond acceptors (Lipinski definition) is 4. The largest absolute Gasteiger partial charge is 0.388 e. The Morgan fingerprint density at radius 3 is 2.91 bits per heavy atom. The van der Waals surface area contributed by atoms with Crippen molar-refractivity contribution in [3.63, 3.8) is 0 Å². The zero-order valence-corrected chi connectivity index (χ0v) is 13.9. The van der Waals surface area contributed by atoms with Gasteiger partial charge in [-0.2, -0.15) is 5.10 Å². The van der Waals surface area contributed by atoms with Gasteiger partial charge < -0.3 is 10.4 Å². The van der Waals surface area contributed by atoms with Gasteiger partial charge in [0, 0.05) is 29.9 Å². The number of aliphatic hydroxyl groups is 1. The van der Waals surface area contributed by atoms with Crippen LogP contribution in [0.4, 0.5) is 0 Å². The molecule has 120 valence electrons. The predicted octanol–water partition coefficient (Wildman–Crippen LogP) is 3.54. The Labute approximate surface area is 140 Å². The van der Waals surface area contributed by atoms with Gasteiger partial charge in [0.1, 0.15) is 0 Å². The Morgan fingerprint density at radius 2 is 2.17 bits per heavy atom. The molecule has 2 unspecified atom stereocenters. The van der Waals surface area contributed by atoms with Crippen LogP contribution in [0.3, 0.4) is 0 Å². The number of benzene rings is 1. The molecule has 0 bridgehead atoms. The molecule has 2 atom stereocenters. The summed E-state index contributed by atoms with van der Waals surface area (Å²) in [5.74, 6) is 0. The molecule has 2 aromatic heterocycles. The summed E-state index contributed by atoms with van der Waals surface area (Å²) < 4.78 is 1.85. The second kappa shape index (κ2) is 7.55. The van der Waals surface area contributed by atoms with E-state index in [0.717, 1.165) is 17.1 Å². The van der Waals surface area contributed by atoms with E-state index in [9.17, 15) is 5.11 Å². The van der Waals surface area contributed by atoms with E-state index in [2.05, 4.69) is 29.5 Å². The topological polar surface area (TPSA) is 50.1 Å². The lowest BCUT2D eigenvalue weighted by atomic mass is 10.1. The number of nitrogens with zero attached hydrogens (tertiary/aromatic N) is 2. The van der Waals surface area contributed by atoms with Crippen molar-refractivity contribution in [1.82, 2.24) is 15.1 Å². The Hall–Kier alpha value is -1.95. The summed E-state index contributed by atoms with van der Waals surface area (Å²) in [5.41, 5.74) is 2.26. The third-order valence-electron chi connectivity index (χ3n) is 3.78. The first kappa shape index (κ1) is 15.9. The van der Waals surface area contributed by atoms with Crippen LogP contribution in [0, 0.1) is 0 Å². The zero-order chi connectivity index (χ0) is 16.1. The molecule has 0 aliphatic rings. The molecule has 0 fully saturated rings. The quantitative estimate of drug-likeness (QED) is 0.698. The minimum Gasteiger partial charge on any atom is -0.388 e. The highest BCUT2D eigenvalue weighted by Crippen LogP contribution is 2.23. The molecule has 2 heterocycles. The number of aliphatic hydroxyl groups excluding tert-OH is 1. The van der Waals surface area contributed by atoms with Gasteiger partial charge in [0.25, 0.3) is 0 Å². The molecule has 0 aliphatic carbocycles. The van der Waals surface area contributed by atoms with Crippen LogP contribution in [0.25, 0.3) is 5.69 Å². The summed E-state index contributed by atoms with van der Waals surface area (Å²) in [4.78, 5) is 1.03. The van der Waals surface area contributed by atoms with Crippen LogP contribution in [-0.4, -0.2) is 20.9 Å². The Morgan fingerprint density at radius 1 is 1.26 bits per heavy atom. The zero-order valence-electron chi connectivity index (χ0n) is 13.1. The van der Waals surface area contributed by atoms with Crippen molar-refractivity contribution < 1.29 is 5.11 Å². The third-order valence-corrected chi connectivity index (χ3v) is 4.76. The molecule has 1 aromatic carbocycles. The molecule has 2 N–H and O–H groups in total. The molecule has 3 aromatic rings. The minimum atomic E-state index is -0.395. The summed E-state index contributed by atoms with van der Waals surface area (Å²) >= 11 is 1.60. The van der Waals surface area contributed by atoms with E-state index in [0.29, 0.717) is 6.42 Å². The molecular formula is C18H21N3OS. The Balaban J connectivity index is 1.55. The minimum absolute atomic E-state index is 0.237. The van der Waals surface area contributed by atoms with Crippen molar-refractivity contribution >= 4 is 11.3 Å². The second-order valence-electron chi connectivity index (χ2n) is 5.67. The van der Waals surface area contributed by atoms with E-state index in [1.807, 2.05) is 46.6 Å². The number of hydrogen-bond donors (Lipinski definition) is 2. The number of aromatic nitrogens is 2. The van der Waals surface area contributed by atoms with Crippen LogP contribution >= 0.6 is 11.3 Å². The van der Waals surface area contributed by atoms with Crippen LogP contribution in [-0.2, 0) is 6.54 Å². The lowest BCUT2D eigenvalue weighted by Crippen LogP contribution is -2.27. The van der Waals surface area contributed by atoms with Crippen LogP contribution in [0.2, 0.25) is 0 Å². The Bertz CT molecular complexity index is 710. The number of thiophene rings is 1. The van der Waals surface area contributed by atoms with Gasteiger partial charge in [-0.05, 0) is 48.6 Å². The van der Waals surface area contributed by atoms with Crippen molar-refractivity contribution in [3.8, 4) is 5.69 Å². The Kier molecular flexibility index (Phi) is 5.23. The maximum atomic E-state index is 10.2. The van der Waals surface area contributed by atoms with Crippen LogP contribution in [0.5, 0.6) is 0 Å². The van der Waals surface area contributed by atoms with E-state index in [1.54, 1.807) is 17.5 Å². The molecule has 4 nitrogen and oxygen atoms in total. The van der Waals surface area contributed by atoms with Gasteiger partial charge in [-0.1, -0.05) is 18.2 Å². The lowest BCUT2D eigenvalue weighted by molar-refractivity contribution is 0.157. The summed E-state index contributed by atoms with van der Waals surface area (Å²) in [7, 11) is 0. The maximum absolute atomic E-state index is 10.2. The molecular weight excluding hydrogens is 306 g/mol.